The van der Waals surface area contributed by atoms with Gasteiger partial charge in [0.25, 0.3) is 0 Å². The topological polar surface area (TPSA) is 50.2 Å². The number of hydrogen-bond acceptors (Lipinski definition) is 4. The third kappa shape index (κ3) is 2.44. The summed E-state index contributed by atoms with van der Waals surface area (Å²) in [5.74, 6) is 0.434. The normalized spacial score (nSPS) is 31.5. The number of aliphatic hydroxyl groups is 1. The van der Waals surface area contributed by atoms with Gasteiger partial charge in [0, 0.05) is 11.3 Å². The molecule has 1 aliphatic carbocycles. The second-order valence-electron chi connectivity index (χ2n) is 4.50. The molecule has 1 aromatic heterocycles. The van der Waals surface area contributed by atoms with Gasteiger partial charge in [-0.1, -0.05) is 0 Å². The van der Waals surface area contributed by atoms with E-state index in [0.717, 1.165) is 37.0 Å². The highest BCUT2D eigenvalue weighted by molar-refractivity contribution is 7.09. The molecule has 0 atom stereocenters. The van der Waals surface area contributed by atoms with Crippen LogP contribution in [-0.2, 0) is 0 Å². The van der Waals surface area contributed by atoms with Gasteiger partial charge in [0.05, 0.1) is 10.6 Å². The Balaban J connectivity index is 2.04. The third-order valence-corrected chi connectivity index (χ3v) is 4.10. The first-order chi connectivity index (χ1) is 7.11. The van der Waals surface area contributed by atoms with Gasteiger partial charge >= 0.3 is 0 Å². The molecule has 1 aliphatic rings. The number of carbonyl (C=O) groups excluding carboxylic acids is 1. The molecule has 1 saturated carbocycles. The number of aldehydes is 1. The molecule has 1 heterocycles. The van der Waals surface area contributed by atoms with Crippen molar-refractivity contribution in [3.05, 3.63) is 16.1 Å². The smallest absolute Gasteiger partial charge is 0.169 e. The van der Waals surface area contributed by atoms with Crippen molar-refractivity contribution >= 4 is 17.6 Å². The summed E-state index contributed by atoms with van der Waals surface area (Å²) in [4.78, 5) is 14.8. The third-order valence-electron chi connectivity index (χ3n) is 3.07. The van der Waals surface area contributed by atoms with Gasteiger partial charge in [-0.2, -0.15) is 0 Å². The summed E-state index contributed by atoms with van der Waals surface area (Å²) in [5.41, 5.74) is 0.0358. The number of thiazole rings is 1. The molecule has 0 saturated heterocycles. The molecule has 1 aromatic rings. The lowest BCUT2D eigenvalue weighted by atomic mass is 9.80. The highest BCUT2D eigenvalue weighted by Crippen LogP contribution is 2.38. The van der Waals surface area contributed by atoms with Crippen LogP contribution in [0, 0.1) is 0 Å². The molecule has 15 heavy (non-hydrogen) atoms. The zero-order valence-corrected chi connectivity index (χ0v) is 9.59. The standard InChI is InChI=1S/C11H15NO2S/c1-11(14)4-2-8(3-5-11)10-12-9(6-13)7-15-10/h6-8,14H,2-5H2,1H3. The monoisotopic (exact) mass is 225 g/mol. The number of hydrogen-bond donors (Lipinski definition) is 1. The minimum absolute atomic E-state index is 0.434. The molecule has 3 nitrogen and oxygen atoms in total. The van der Waals surface area contributed by atoms with Gasteiger partial charge in [-0.25, -0.2) is 4.98 Å². The molecule has 0 aromatic carbocycles. The van der Waals surface area contributed by atoms with Gasteiger partial charge in [0.2, 0.25) is 0 Å². The van der Waals surface area contributed by atoms with E-state index in [-0.39, 0.29) is 0 Å². The summed E-state index contributed by atoms with van der Waals surface area (Å²) in [7, 11) is 0. The van der Waals surface area contributed by atoms with Gasteiger partial charge in [-0.15, -0.1) is 11.3 Å². The Morgan fingerprint density at radius 1 is 1.60 bits per heavy atom. The van der Waals surface area contributed by atoms with Crippen molar-refractivity contribution in [2.24, 2.45) is 0 Å². The molecule has 1 fully saturated rings. The molecule has 82 valence electrons. The van der Waals surface area contributed by atoms with Crippen LogP contribution in [0.4, 0.5) is 0 Å². The zero-order valence-electron chi connectivity index (χ0n) is 8.77. The fourth-order valence-electron chi connectivity index (χ4n) is 2.03. The predicted octanol–water partition coefficient (Wildman–Crippen LogP) is 2.36. The summed E-state index contributed by atoms with van der Waals surface area (Å²) in [6.07, 6.45) is 4.39. The summed E-state index contributed by atoms with van der Waals surface area (Å²) in [5, 5.41) is 12.7. The van der Waals surface area contributed by atoms with Crippen LogP contribution in [0.2, 0.25) is 0 Å². The van der Waals surface area contributed by atoms with E-state index in [0.29, 0.717) is 11.6 Å². The second kappa shape index (κ2) is 4.02. The highest BCUT2D eigenvalue weighted by Gasteiger charge is 2.30. The Morgan fingerprint density at radius 2 is 2.27 bits per heavy atom. The molecule has 0 unspecified atom stereocenters. The first-order valence-corrected chi connectivity index (χ1v) is 6.12. The van der Waals surface area contributed by atoms with Crippen LogP contribution < -0.4 is 0 Å². The molecule has 0 amide bonds. The Labute approximate surface area is 93.2 Å². The van der Waals surface area contributed by atoms with Crippen LogP contribution in [0.15, 0.2) is 5.38 Å². The minimum atomic E-state index is -0.499. The maximum Gasteiger partial charge on any atom is 0.169 e. The SMILES string of the molecule is CC1(O)CCC(c2nc(C=O)cs2)CC1. The van der Waals surface area contributed by atoms with Gasteiger partial charge in [0.1, 0.15) is 5.69 Å². The molecule has 0 radical (unpaired) electrons. The molecule has 0 spiro atoms. The maximum absolute atomic E-state index is 10.5. The lowest BCUT2D eigenvalue weighted by molar-refractivity contribution is 0.0171. The minimum Gasteiger partial charge on any atom is -0.390 e. The van der Waals surface area contributed by atoms with Crippen LogP contribution in [0.25, 0.3) is 0 Å². The van der Waals surface area contributed by atoms with E-state index in [1.807, 2.05) is 6.92 Å². The van der Waals surface area contributed by atoms with Crippen molar-refractivity contribution in [3.8, 4) is 0 Å². The van der Waals surface area contributed by atoms with E-state index in [1.54, 1.807) is 16.7 Å². The van der Waals surface area contributed by atoms with Crippen LogP contribution in [-0.4, -0.2) is 22.0 Å². The molecule has 0 bridgehead atoms. The first-order valence-electron chi connectivity index (χ1n) is 5.24. The second-order valence-corrected chi connectivity index (χ2v) is 5.39. The van der Waals surface area contributed by atoms with E-state index < -0.39 is 5.60 Å². The van der Waals surface area contributed by atoms with E-state index in [2.05, 4.69) is 4.98 Å². The van der Waals surface area contributed by atoms with E-state index in [1.165, 1.54) is 0 Å². The summed E-state index contributed by atoms with van der Waals surface area (Å²) >= 11 is 1.56. The summed E-state index contributed by atoms with van der Waals surface area (Å²) in [6.45, 7) is 1.89. The van der Waals surface area contributed by atoms with Crippen LogP contribution in [0.5, 0.6) is 0 Å². The summed E-state index contributed by atoms with van der Waals surface area (Å²) < 4.78 is 0. The Kier molecular flexibility index (Phi) is 2.89. The Hall–Kier alpha value is -0.740. The zero-order chi connectivity index (χ0) is 10.9. The molecule has 1 N–H and O–H groups in total. The number of rotatable bonds is 2. The van der Waals surface area contributed by atoms with Gasteiger partial charge in [-0.05, 0) is 32.6 Å². The van der Waals surface area contributed by atoms with E-state index in [9.17, 15) is 9.90 Å². The average molecular weight is 225 g/mol. The lowest BCUT2D eigenvalue weighted by Crippen LogP contribution is -2.29. The van der Waals surface area contributed by atoms with Gasteiger partial charge < -0.3 is 5.11 Å². The molecule has 2 rings (SSSR count). The van der Waals surface area contributed by atoms with E-state index >= 15 is 0 Å². The highest BCUT2D eigenvalue weighted by atomic mass is 32.1. The molecule has 0 aliphatic heterocycles. The van der Waals surface area contributed by atoms with Crippen LogP contribution >= 0.6 is 11.3 Å². The van der Waals surface area contributed by atoms with Crippen molar-refractivity contribution in [1.82, 2.24) is 4.98 Å². The van der Waals surface area contributed by atoms with Gasteiger partial charge in [-0.3, -0.25) is 4.79 Å². The average Bonchev–Trinajstić information content (AvgIpc) is 2.66. The molecular formula is C11H15NO2S. The number of aromatic nitrogens is 1. The summed E-state index contributed by atoms with van der Waals surface area (Å²) in [6, 6.07) is 0. The fourth-order valence-corrected chi connectivity index (χ4v) is 2.97. The van der Waals surface area contributed by atoms with Crippen molar-refractivity contribution < 1.29 is 9.90 Å². The van der Waals surface area contributed by atoms with Crippen molar-refractivity contribution in [3.63, 3.8) is 0 Å². The number of nitrogens with zero attached hydrogens (tertiary/aromatic N) is 1. The first kappa shape index (κ1) is 10.8. The van der Waals surface area contributed by atoms with Gasteiger partial charge in [0.15, 0.2) is 6.29 Å². The fraction of sp³-hybridized carbons (Fsp3) is 0.636. The van der Waals surface area contributed by atoms with Crippen molar-refractivity contribution in [1.29, 1.82) is 0 Å². The quantitative estimate of drug-likeness (QED) is 0.786. The lowest BCUT2D eigenvalue weighted by Gasteiger charge is -2.32. The van der Waals surface area contributed by atoms with Crippen molar-refractivity contribution in [2.75, 3.05) is 0 Å². The Bertz CT molecular complexity index is 349. The molecule has 4 heteroatoms. The largest absolute Gasteiger partial charge is 0.390 e. The van der Waals surface area contributed by atoms with E-state index in [4.69, 9.17) is 0 Å². The number of carbonyl (C=O) groups is 1. The molecular weight excluding hydrogens is 210 g/mol. The van der Waals surface area contributed by atoms with Crippen molar-refractivity contribution in [2.45, 2.75) is 44.1 Å². The van der Waals surface area contributed by atoms with Crippen LogP contribution in [0.1, 0.15) is 54.0 Å². The van der Waals surface area contributed by atoms with Crippen LogP contribution in [0.3, 0.4) is 0 Å². The maximum atomic E-state index is 10.5. The Morgan fingerprint density at radius 3 is 2.80 bits per heavy atom. The predicted molar refractivity (Wildman–Crippen MR) is 59.3 cm³/mol.